The summed E-state index contributed by atoms with van der Waals surface area (Å²) in [5.41, 5.74) is 2.47. The molecule has 1 aliphatic carbocycles. The smallest absolute Gasteiger partial charge is 0.0992 e. The van der Waals surface area contributed by atoms with Crippen LogP contribution in [0.4, 0.5) is 0 Å². The largest absolute Gasteiger partial charge is 0.512 e. The monoisotopic (exact) mass is 192 g/mol. The molecule has 0 aromatic heterocycles. The molecule has 0 aromatic carbocycles. The highest BCUT2D eigenvalue weighted by Crippen LogP contribution is 2.35. The van der Waals surface area contributed by atoms with Crippen molar-refractivity contribution in [2.45, 2.75) is 40.5 Å². The standard InChI is InChI=1S/C13H20O/c1-5-13(3,4)11-8-6-7-10(2)12(14)9-11/h6-8,14H,5,9H2,1-4H3. The Hall–Kier alpha value is -0.980. The second-order valence-corrected chi connectivity index (χ2v) is 4.59. The SMILES string of the molecule is CCC(C)(C)C1=CC=CC(C)=C(O)C1. The van der Waals surface area contributed by atoms with E-state index in [9.17, 15) is 5.11 Å². The van der Waals surface area contributed by atoms with Crippen molar-refractivity contribution in [1.82, 2.24) is 0 Å². The van der Waals surface area contributed by atoms with Crippen LogP contribution < -0.4 is 0 Å². The molecule has 0 unspecified atom stereocenters. The van der Waals surface area contributed by atoms with Crippen molar-refractivity contribution in [3.8, 4) is 0 Å². The molecule has 0 saturated carbocycles. The highest BCUT2D eigenvalue weighted by molar-refractivity contribution is 5.33. The van der Waals surface area contributed by atoms with Crippen LogP contribution in [-0.4, -0.2) is 5.11 Å². The van der Waals surface area contributed by atoms with E-state index in [-0.39, 0.29) is 5.41 Å². The molecule has 0 saturated heterocycles. The van der Waals surface area contributed by atoms with E-state index in [1.807, 2.05) is 19.1 Å². The fraction of sp³-hybridized carbons (Fsp3) is 0.538. The Morgan fingerprint density at radius 1 is 1.43 bits per heavy atom. The van der Waals surface area contributed by atoms with Gasteiger partial charge in [0.2, 0.25) is 0 Å². The first-order valence-corrected chi connectivity index (χ1v) is 5.24. The maximum absolute atomic E-state index is 9.77. The fourth-order valence-electron chi connectivity index (χ4n) is 1.48. The van der Waals surface area contributed by atoms with Gasteiger partial charge in [-0.15, -0.1) is 0 Å². The molecular weight excluding hydrogens is 172 g/mol. The van der Waals surface area contributed by atoms with Crippen LogP contribution in [0.3, 0.4) is 0 Å². The Kier molecular flexibility index (Phi) is 3.20. The minimum Gasteiger partial charge on any atom is -0.512 e. The first-order chi connectivity index (χ1) is 6.47. The van der Waals surface area contributed by atoms with Gasteiger partial charge in [0.25, 0.3) is 0 Å². The summed E-state index contributed by atoms with van der Waals surface area (Å²) in [7, 11) is 0. The van der Waals surface area contributed by atoms with Gasteiger partial charge < -0.3 is 5.11 Å². The predicted octanol–water partition coefficient (Wildman–Crippen LogP) is 4.14. The van der Waals surface area contributed by atoms with Crippen molar-refractivity contribution in [2.24, 2.45) is 5.41 Å². The van der Waals surface area contributed by atoms with Crippen molar-refractivity contribution in [1.29, 1.82) is 0 Å². The molecule has 14 heavy (non-hydrogen) atoms. The lowest BCUT2D eigenvalue weighted by atomic mass is 9.79. The Labute approximate surface area is 86.8 Å². The third-order valence-electron chi connectivity index (χ3n) is 3.21. The average molecular weight is 192 g/mol. The lowest BCUT2D eigenvalue weighted by molar-refractivity contribution is 0.361. The van der Waals surface area contributed by atoms with Crippen LogP contribution in [0.1, 0.15) is 40.5 Å². The van der Waals surface area contributed by atoms with Crippen molar-refractivity contribution in [3.63, 3.8) is 0 Å². The predicted molar refractivity (Wildman–Crippen MR) is 61.2 cm³/mol. The van der Waals surface area contributed by atoms with Gasteiger partial charge in [-0.1, -0.05) is 44.6 Å². The van der Waals surface area contributed by atoms with Gasteiger partial charge in [0.05, 0.1) is 5.76 Å². The van der Waals surface area contributed by atoms with E-state index in [1.165, 1.54) is 5.57 Å². The van der Waals surface area contributed by atoms with Crippen molar-refractivity contribution in [3.05, 3.63) is 35.1 Å². The van der Waals surface area contributed by atoms with Crippen LogP contribution in [0.15, 0.2) is 35.1 Å². The highest BCUT2D eigenvalue weighted by atomic mass is 16.3. The molecule has 0 aromatic rings. The van der Waals surface area contributed by atoms with Crippen molar-refractivity contribution >= 4 is 0 Å². The fourth-order valence-corrected chi connectivity index (χ4v) is 1.48. The van der Waals surface area contributed by atoms with Gasteiger partial charge in [0.15, 0.2) is 0 Å². The van der Waals surface area contributed by atoms with Gasteiger partial charge >= 0.3 is 0 Å². The van der Waals surface area contributed by atoms with Gasteiger partial charge in [-0.3, -0.25) is 0 Å². The van der Waals surface area contributed by atoms with Crippen LogP contribution in [-0.2, 0) is 0 Å². The maximum Gasteiger partial charge on any atom is 0.0992 e. The number of aliphatic hydroxyl groups excluding tert-OH is 1. The van der Waals surface area contributed by atoms with Crippen molar-refractivity contribution < 1.29 is 5.11 Å². The normalized spacial score (nSPS) is 18.1. The number of hydrogen-bond donors (Lipinski definition) is 1. The quantitative estimate of drug-likeness (QED) is 0.697. The van der Waals surface area contributed by atoms with Crippen LogP contribution in [0.25, 0.3) is 0 Å². The Morgan fingerprint density at radius 3 is 2.64 bits per heavy atom. The minimum absolute atomic E-state index is 0.183. The summed E-state index contributed by atoms with van der Waals surface area (Å²) >= 11 is 0. The Balaban J connectivity index is 2.96. The molecule has 0 spiro atoms. The van der Waals surface area contributed by atoms with E-state index in [0.717, 1.165) is 12.0 Å². The molecule has 0 atom stereocenters. The molecule has 1 rings (SSSR count). The first-order valence-electron chi connectivity index (χ1n) is 5.24. The van der Waals surface area contributed by atoms with E-state index in [0.29, 0.717) is 12.2 Å². The lowest BCUT2D eigenvalue weighted by Gasteiger charge is -2.26. The minimum atomic E-state index is 0.183. The first kappa shape index (κ1) is 11.1. The molecule has 0 radical (unpaired) electrons. The highest BCUT2D eigenvalue weighted by Gasteiger charge is 2.22. The maximum atomic E-state index is 9.77. The second kappa shape index (κ2) is 4.04. The number of rotatable bonds is 2. The molecule has 78 valence electrons. The van der Waals surface area contributed by atoms with Crippen LogP contribution >= 0.6 is 0 Å². The molecular formula is C13H20O. The third kappa shape index (κ3) is 2.28. The second-order valence-electron chi connectivity index (χ2n) is 4.59. The summed E-state index contributed by atoms with van der Waals surface area (Å²) in [6, 6.07) is 0. The Morgan fingerprint density at radius 2 is 2.07 bits per heavy atom. The number of aliphatic hydroxyl groups is 1. The van der Waals surface area contributed by atoms with E-state index in [1.54, 1.807) is 0 Å². The van der Waals surface area contributed by atoms with Gasteiger partial charge in [-0.2, -0.15) is 0 Å². The average Bonchev–Trinajstić information content (AvgIpc) is 2.30. The topological polar surface area (TPSA) is 20.2 Å². The lowest BCUT2D eigenvalue weighted by Crippen LogP contribution is -2.13. The molecule has 1 aliphatic rings. The van der Waals surface area contributed by atoms with Gasteiger partial charge in [-0.25, -0.2) is 0 Å². The summed E-state index contributed by atoms with van der Waals surface area (Å²) in [5.74, 6) is 0.506. The molecule has 0 aliphatic heterocycles. The van der Waals surface area contributed by atoms with E-state index in [2.05, 4.69) is 26.8 Å². The van der Waals surface area contributed by atoms with Gasteiger partial charge in [-0.05, 0) is 24.3 Å². The summed E-state index contributed by atoms with van der Waals surface area (Å²) < 4.78 is 0. The number of allylic oxidation sites excluding steroid dienone is 5. The van der Waals surface area contributed by atoms with Crippen LogP contribution in [0, 0.1) is 5.41 Å². The van der Waals surface area contributed by atoms with Gasteiger partial charge in [0, 0.05) is 6.42 Å². The molecule has 0 heterocycles. The zero-order chi connectivity index (χ0) is 10.8. The summed E-state index contributed by atoms with van der Waals surface area (Å²) in [6.07, 6.45) is 7.92. The Bertz CT molecular complexity index is 303. The summed E-state index contributed by atoms with van der Waals surface area (Å²) in [6.45, 7) is 8.58. The van der Waals surface area contributed by atoms with E-state index in [4.69, 9.17) is 0 Å². The summed E-state index contributed by atoms with van der Waals surface area (Å²) in [4.78, 5) is 0. The summed E-state index contributed by atoms with van der Waals surface area (Å²) in [5, 5.41) is 9.77. The number of hydrogen-bond acceptors (Lipinski definition) is 1. The van der Waals surface area contributed by atoms with E-state index >= 15 is 0 Å². The zero-order valence-electron chi connectivity index (χ0n) is 9.59. The molecule has 1 heteroatoms. The molecule has 1 nitrogen and oxygen atoms in total. The van der Waals surface area contributed by atoms with Crippen LogP contribution in [0.2, 0.25) is 0 Å². The van der Waals surface area contributed by atoms with E-state index < -0.39 is 0 Å². The van der Waals surface area contributed by atoms with Gasteiger partial charge in [0.1, 0.15) is 0 Å². The zero-order valence-corrected chi connectivity index (χ0v) is 9.59. The molecule has 0 fully saturated rings. The third-order valence-corrected chi connectivity index (χ3v) is 3.21. The van der Waals surface area contributed by atoms with Crippen molar-refractivity contribution in [2.75, 3.05) is 0 Å². The van der Waals surface area contributed by atoms with Crippen LogP contribution in [0.5, 0.6) is 0 Å². The molecule has 0 bridgehead atoms. The molecule has 1 N–H and O–H groups in total. The molecule has 0 amide bonds.